The van der Waals surface area contributed by atoms with E-state index in [0.29, 0.717) is 18.2 Å². The van der Waals surface area contributed by atoms with Crippen molar-refractivity contribution in [1.29, 1.82) is 0 Å². The van der Waals surface area contributed by atoms with Crippen LogP contribution < -0.4 is 15.4 Å². The summed E-state index contributed by atoms with van der Waals surface area (Å²) in [5.41, 5.74) is -1.84. The Morgan fingerprint density at radius 1 is 1.08 bits per heavy atom. The molecule has 0 saturated heterocycles. The Morgan fingerprint density at radius 3 is 2.47 bits per heavy atom. The third-order valence-corrected chi connectivity index (χ3v) is 5.21. The second kappa shape index (κ2) is 11.2. The van der Waals surface area contributed by atoms with Crippen LogP contribution in [0.3, 0.4) is 0 Å². The zero-order valence-corrected chi connectivity index (χ0v) is 19.9. The molecule has 0 spiro atoms. The average Bonchev–Trinajstić information content (AvgIpc) is 2.82. The minimum atomic E-state index is -5.02. The lowest BCUT2D eigenvalue weighted by Gasteiger charge is -2.20. The Morgan fingerprint density at radius 2 is 1.83 bits per heavy atom. The van der Waals surface area contributed by atoms with E-state index in [1.54, 1.807) is 0 Å². The number of nitrogens with one attached hydrogen (secondary N) is 2. The number of aromatic nitrogens is 1. The topological polar surface area (TPSA) is 89.6 Å². The van der Waals surface area contributed by atoms with Gasteiger partial charge in [0.1, 0.15) is 22.9 Å². The first-order chi connectivity index (χ1) is 17.1. The highest BCUT2D eigenvalue weighted by Crippen LogP contribution is 2.41. The van der Waals surface area contributed by atoms with E-state index < -0.39 is 40.3 Å². The Labute approximate surface area is 204 Å². The largest absolute Gasteiger partial charge is 0.494 e. The monoisotopic (exact) mass is 507 g/mol. The number of pyridine rings is 1. The van der Waals surface area contributed by atoms with Crippen LogP contribution in [-0.2, 0) is 15.7 Å². The maximum atomic E-state index is 14.2. The van der Waals surface area contributed by atoms with Crippen molar-refractivity contribution in [3.8, 4) is 5.75 Å². The summed E-state index contributed by atoms with van der Waals surface area (Å²) >= 11 is 0. The minimum Gasteiger partial charge on any atom is -0.494 e. The fourth-order valence-corrected chi connectivity index (χ4v) is 3.58. The van der Waals surface area contributed by atoms with Crippen molar-refractivity contribution in [2.75, 3.05) is 24.4 Å². The van der Waals surface area contributed by atoms with Crippen molar-refractivity contribution in [2.45, 2.75) is 39.3 Å². The molecule has 0 atom stereocenters. The quantitative estimate of drug-likeness (QED) is 0.256. The second-order valence-electron chi connectivity index (χ2n) is 7.78. The van der Waals surface area contributed by atoms with Crippen LogP contribution >= 0.6 is 0 Å². The summed E-state index contributed by atoms with van der Waals surface area (Å²) in [5.74, 6) is -2.65. The molecule has 1 amide bonds. The van der Waals surface area contributed by atoms with E-state index >= 15 is 0 Å². The molecule has 1 aromatic heterocycles. The molecule has 2 N–H and O–H groups in total. The van der Waals surface area contributed by atoms with E-state index in [9.17, 15) is 27.2 Å². The second-order valence-corrected chi connectivity index (χ2v) is 7.78. The van der Waals surface area contributed by atoms with Crippen molar-refractivity contribution in [3.63, 3.8) is 0 Å². The number of nitrogens with zero attached hydrogens (tertiary/aromatic N) is 1. The lowest BCUT2D eigenvalue weighted by atomic mass is 10.0. The van der Waals surface area contributed by atoms with E-state index in [1.807, 2.05) is 6.92 Å². The smallest absolute Gasteiger partial charge is 0.418 e. The van der Waals surface area contributed by atoms with E-state index in [0.717, 1.165) is 25.0 Å². The first-order valence-electron chi connectivity index (χ1n) is 11.2. The molecule has 0 unspecified atom stereocenters. The maximum Gasteiger partial charge on any atom is 0.418 e. The van der Waals surface area contributed by atoms with Gasteiger partial charge in [0.15, 0.2) is 0 Å². The number of ether oxygens (including phenoxy) is 2. The van der Waals surface area contributed by atoms with Gasteiger partial charge in [-0.05, 0) is 43.7 Å². The Balaban J connectivity index is 2.13. The number of methoxy groups -OCH3 is 1. The summed E-state index contributed by atoms with van der Waals surface area (Å²) in [6, 6.07) is 7.21. The lowest BCUT2D eigenvalue weighted by molar-refractivity contribution is -0.136. The highest BCUT2D eigenvalue weighted by atomic mass is 19.4. The molecule has 0 saturated carbocycles. The number of carbonyl (C=O) groups is 2. The third-order valence-electron chi connectivity index (χ3n) is 5.21. The van der Waals surface area contributed by atoms with Crippen LogP contribution in [0.15, 0.2) is 36.4 Å². The summed E-state index contributed by atoms with van der Waals surface area (Å²) in [4.78, 5) is 28.9. The Kier molecular flexibility index (Phi) is 8.33. The number of alkyl halides is 3. The van der Waals surface area contributed by atoms with Gasteiger partial charge in [-0.2, -0.15) is 13.2 Å². The molecule has 3 aromatic rings. The molecular weight excluding hydrogens is 482 g/mol. The van der Waals surface area contributed by atoms with Gasteiger partial charge in [-0.1, -0.05) is 13.3 Å². The van der Waals surface area contributed by atoms with Crippen LogP contribution in [0.4, 0.5) is 34.8 Å². The summed E-state index contributed by atoms with van der Waals surface area (Å²) in [6.07, 6.45) is -3.11. The summed E-state index contributed by atoms with van der Waals surface area (Å²) in [7, 11) is 1.34. The number of rotatable bonds is 9. The van der Waals surface area contributed by atoms with Gasteiger partial charge in [-0.3, -0.25) is 4.79 Å². The number of fused-ring (bicyclic) bond motifs is 1. The normalized spacial score (nSPS) is 11.3. The van der Waals surface area contributed by atoms with Crippen LogP contribution in [0.2, 0.25) is 0 Å². The molecule has 192 valence electrons. The summed E-state index contributed by atoms with van der Waals surface area (Å²) in [5, 5.41) is 4.87. The van der Waals surface area contributed by atoms with E-state index in [1.165, 1.54) is 32.2 Å². The Bertz CT molecular complexity index is 1280. The molecule has 0 bridgehead atoms. The molecule has 11 heteroatoms. The molecular formula is C25H25F4N3O4. The highest BCUT2D eigenvalue weighted by molar-refractivity contribution is 6.03. The number of benzene rings is 2. The van der Waals surface area contributed by atoms with Crippen molar-refractivity contribution in [3.05, 3.63) is 53.3 Å². The molecule has 0 aliphatic carbocycles. The fraction of sp³-hybridized carbons (Fsp3) is 0.320. The van der Waals surface area contributed by atoms with Gasteiger partial charge in [0.2, 0.25) is 5.91 Å². The van der Waals surface area contributed by atoms with Crippen molar-refractivity contribution >= 4 is 40.0 Å². The predicted octanol–water partition coefficient (Wildman–Crippen LogP) is 6.45. The molecule has 0 aliphatic rings. The number of amides is 1. The van der Waals surface area contributed by atoms with Gasteiger partial charge in [-0.25, -0.2) is 14.2 Å². The van der Waals surface area contributed by atoms with Crippen molar-refractivity contribution < 1.29 is 36.6 Å². The molecule has 3 rings (SSSR count). The number of esters is 1. The van der Waals surface area contributed by atoms with E-state index in [-0.39, 0.29) is 29.5 Å². The molecule has 36 heavy (non-hydrogen) atoms. The molecule has 1 heterocycles. The van der Waals surface area contributed by atoms with Crippen LogP contribution in [-0.4, -0.2) is 30.6 Å². The minimum absolute atomic E-state index is 0.174. The standard InChI is InChI=1S/C25H25F4N3O4/c1-4-6-7-20(33)30-15-9-11-18(19(13-15)35-3)32-23-21(24(34)36-5-2)22(25(27,28)29)16-12-14(26)8-10-17(16)31-23/h8-13H,4-7H2,1-3H3,(H,30,33)(H,31,32). The van der Waals surface area contributed by atoms with Gasteiger partial charge >= 0.3 is 12.1 Å². The van der Waals surface area contributed by atoms with Crippen LogP contribution in [0.25, 0.3) is 10.9 Å². The number of hydrogen-bond acceptors (Lipinski definition) is 6. The SMILES string of the molecule is CCCCC(=O)Nc1ccc(Nc2nc3ccc(F)cc3c(C(F)(F)F)c2C(=O)OCC)c(OC)c1. The van der Waals surface area contributed by atoms with Crippen LogP contribution in [0.1, 0.15) is 49.0 Å². The molecule has 0 radical (unpaired) electrons. The number of carbonyl (C=O) groups excluding carboxylic acids is 2. The number of hydrogen-bond donors (Lipinski definition) is 2. The van der Waals surface area contributed by atoms with Crippen LogP contribution in [0, 0.1) is 5.82 Å². The van der Waals surface area contributed by atoms with Gasteiger partial charge < -0.3 is 20.1 Å². The molecule has 7 nitrogen and oxygen atoms in total. The predicted molar refractivity (Wildman–Crippen MR) is 127 cm³/mol. The van der Waals surface area contributed by atoms with Crippen molar-refractivity contribution in [1.82, 2.24) is 4.98 Å². The zero-order valence-electron chi connectivity index (χ0n) is 19.9. The highest BCUT2D eigenvalue weighted by Gasteiger charge is 2.40. The Hall–Kier alpha value is -3.89. The molecule has 0 fully saturated rings. The number of unbranched alkanes of at least 4 members (excludes halogenated alkanes) is 1. The first kappa shape index (κ1) is 26.7. The average molecular weight is 507 g/mol. The van der Waals surface area contributed by atoms with Gasteiger partial charge in [0.05, 0.1) is 30.5 Å². The third kappa shape index (κ3) is 6.02. The number of halogens is 4. The van der Waals surface area contributed by atoms with E-state index in [2.05, 4.69) is 15.6 Å². The molecule has 0 aliphatic heterocycles. The van der Waals surface area contributed by atoms with Gasteiger partial charge in [-0.15, -0.1) is 0 Å². The van der Waals surface area contributed by atoms with Gasteiger partial charge in [0, 0.05) is 23.6 Å². The fourth-order valence-electron chi connectivity index (χ4n) is 3.58. The van der Waals surface area contributed by atoms with Gasteiger partial charge in [0.25, 0.3) is 0 Å². The summed E-state index contributed by atoms with van der Waals surface area (Å²) < 4.78 is 66.6. The van der Waals surface area contributed by atoms with E-state index in [4.69, 9.17) is 9.47 Å². The number of anilines is 3. The van der Waals surface area contributed by atoms with Crippen molar-refractivity contribution in [2.24, 2.45) is 0 Å². The molecule has 2 aromatic carbocycles. The van der Waals surface area contributed by atoms with Crippen LogP contribution in [0.5, 0.6) is 5.75 Å². The summed E-state index contributed by atoms with van der Waals surface area (Å²) in [6.45, 7) is 3.22. The first-order valence-corrected chi connectivity index (χ1v) is 11.2. The lowest BCUT2D eigenvalue weighted by Crippen LogP contribution is -2.19. The maximum absolute atomic E-state index is 14.2. The zero-order chi connectivity index (χ0) is 26.5.